The summed E-state index contributed by atoms with van der Waals surface area (Å²) in [6.45, 7) is 0. The highest BCUT2D eigenvalue weighted by Gasteiger charge is 2.23. The molecule has 0 amide bonds. The average Bonchev–Trinajstić information content (AvgIpc) is 2.47. The van der Waals surface area contributed by atoms with Crippen LogP contribution in [0.4, 0.5) is 5.69 Å². The zero-order chi connectivity index (χ0) is 15.7. The van der Waals surface area contributed by atoms with E-state index in [0.717, 1.165) is 34.6 Å². The Morgan fingerprint density at radius 2 is 2.18 bits per heavy atom. The van der Waals surface area contributed by atoms with Gasteiger partial charge in [-0.25, -0.2) is 4.79 Å². The minimum Gasteiger partial charge on any atom is -0.478 e. The van der Waals surface area contributed by atoms with Crippen molar-refractivity contribution in [3.8, 4) is 0 Å². The van der Waals surface area contributed by atoms with E-state index in [2.05, 4.69) is 26.2 Å². The highest BCUT2D eigenvalue weighted by atomic mass is 79.9. The number of aliphatic hydroxyl groups is 1. The molecule has 1 saturated carbocycles. The number of carboxylic acids is 1. The molecular weight excluding hydrogens is 348 g/mol. The number of hydrogen-bond donors (Lipinski definition) is 3. The summed E-state index contributed by atoms with van der Waals surface area (Å²) >= 11 is 3.42. The molecule has 1 heterocycles. The first-order chi connectivity index (χ1) is 10.5. The van der Waals surface area contributed by atoms with Gasteiger partial charge >= 0.3 is 5.97 Å². The van der Waals surface area contributed by atoms with Gasteiger partial charge in [-0.15, -0.1) is 0 Å². The van der Waals surface area contributed by atoms with Crippen LogP contribution in [0.2, 0.25) is 0 Å². The molecule has 6 heteroatoms. The minimum atomic E-state index is -1.01. The minimum absolute atomic E-state index is 0.0754. The second-order valence-electron chi connectivity index (χ2n) is 5.68. The van der Waals surface area contributed by atoms with E-state index in [0.29, 0.717) is 12.1 Å². The maximum absolute atomic E-state index is 11.5. The molecule has 3 rings (SSSR count). The topological polar surface area (TPSA) is 82.5 Å². The van der Waals surface area contributed by atoms with Crippen molar-refractivity contribution in [2.24, 2.45) is 0 Å². The van der Waals surface area contributed by atoms with Crippen LogP contribution in [-0.4, -0.2) is 33.3 Å². The number of carbonyl (C=O) groups is 1. The van der Waals surface area contributed by atoms with Crippen molar-refractivity contribution in [2.45, 2.75) is 37.8 Å². The number of benzene rings is 1. The lowest BCUT2D eigenvalue weighted by Gasteiger charge is -2.28. The van der Waals surface area contributed by atoms with Gasteiger partial charge in [-0.2, -0.15) is 0 Å². The van der Waals surface area contributed by atoms with Crippen LogP contribution in [0, 0.1) is 0 Å². The fourth-order valence-electron chi connectivity index (χ4n) is 2.98. The third kappa shape index (κ3) is 3.08. The quantitative estimate of drug-likeness (QED) is 0.777. The van der Waals surface area contributed by atoms with Crippen molar-refractivity contribution < 1.29 is 15.0 Å². The highest BCUT2D eigenvalue weighted by Crippen LogP contribution is 2.31. The molecule has 5 nitrogen and oxygen atoms in total. The van der Waals surface area contributed by atoms with Crippen molar-refractivity contribution >= 4 is 38.5 Å². The molecule has 0 saturated heterocycles. The third-order valence-corrected chi connectivity index (χ3v) is 4.55. The Balaban J connectivity index is 2.05. The Hall–Kier alpha value is -1.66. The Bertz CT molecular complexity index is 720. The van der Waals surface area contributed by atoms with Gasteiger partial charge in [0.2, 0.25) is 0 Å². The molecule has 1 aromatic heterocycles. The largest absolute Gasteiger partial charge is 0.478 e. The van der Waals surface area contributed by atoms with Crippen LogP contribution < -0.4 is 5.32 Å². The lowest BCUT2D eigenvalue weighted by molar-refractivity contribution is 0.0697. The summed E-state index contributed by atoms with van der Waals surface area (Å²) in [5.74, 6) is -1.01. The van der Waals surface area contributed by atoms with Crippen molar-refractivity contribution in [3.63, 3.8) is 0 Å². The van der Waals surface area contributed by atoms with E-state index in [1.807, 2.05) is 18.2 Å². The number of anilines is 1. The summed E-state index contributed by atoms with van der Waals surface area (Å²) in [6, 6.07) is 5.68. The number of rotatable bonds is 3. The summed E-state index contributed by atoms with van der Waals surface area (Å²) in [5, 5.41) is 23.4. The van der Waals surface area contributed by atoms with Gasteiger partial charge in [0.15, 0.2) is 0 Å². The molecule has 1 fully saturated rings. The molecule has 0 spiro atoms. The Morgan fingerprint density at radius 1 is 1.36 bits per heavy atom. The third-order valence-electron chi connectivity index (χ3n) is 4.06. The van der Waals surface area contributed by atoms with Gasteiger partial charge in [0.05, 0.1) is 17.3 Å². The first-order valence-corrected chi connectivity index (χ1v) is 8.10. The number of aromatic nitrogens is 1. The van der Waals surface area contributed by atoms with Crippen molar-refractivity contribution in [1.29, 1.82) is 0 Å². The summed E-state index contributed by atoms with van der Waals surface area (Å²) in [5.41, 5.74) is 1.48. The lowest BCUT2D eigenvalue weighted by Crippen LogP contribution is -2.30. The van der Waals surface area contributed by atoms with Crippen LogP contribution in [0.25, 0.3) is 10.9 Å². The number of nitrogens with one attached hydrogen (secondary N) is 1. The van der Waals surface area contributed by atoms with Gasteiger partial charge in [-0.3, -0.25) is 4.98 Å². The zero-order valence-electron chi connectivity index (χ0n) is 11.9. The predicted octanol–water partition coefficient (Wildman–Crippen LogP) is 3.41. The molecule has 1 aromatic carbocycles. The number of hydrogen-bond acceptors (Lipinski definition) is 4. The van der Waals surface area contributed by atoms with Gasteiger partial charge < -0.3 is 15.5 Å². The molecule has 1 aliphatic rings. The van der Waals surface area contributed by atoms with Crippen molar-refractivity contribution in [3.05, 3.63) is 34.4 Å². The average molecular weight is 365 g/mol. The first kappa shape index (κ1) is 15.2. The van der Waals surface area contributed by atoms with Crippen LogP contribution in [0.15, 0.2) is 28.9 Å². The molecule has 0 aliphatic heterocycles. The number of halogens is 1. The Labute approximate surface area is 136 Å². The summed E-state index contributed by atoms with van der Waals surface area (Å²) < 4.78 is 0.871. The Kier molecular flexibility index (Phi) is 4.31. The van der Waals surface area contributed by atoms with Gasteiger partial charge in [0, 0.05) is 22.1 Å². The van der Waals surface area contributed by atoms with E-state index < -0.39 is 5.97 Å². The number of nitrogens with zero attached hydrogens (tertiary/aromatic N) is 1. The van der Waals surface area contributed by atoms with E-state index in [4.69, 9.17) is 0 Å². The maximum Gasteiger partial charge on any atom is 0.339 e. The summed E-state index contributed by atoms with van der Waals surface area (Å²) in [4.78, 5) is 15.7. The fraction of sp³-hybridized carbons (Fsp3) is 0.375. The van der Waals surface area contributed by atoms with Gasteiger partial charge in [-0.1, -0.05) is 15.9 Å². The van der Waals surface area contributed by atoms with Crippen molar-refractivity contribution in [2.75, 3.05) is 5.32 Å². The van der Waals surface area contributed by atoms with Crippen LogP contribution in [0.1, 0.15) is 36.0 Å². The van der Waals surface area contributed by atoms with Crippen LogP contribution in [0.5, 0.6) is 0 Å². The van der Waals surface area contributed by atoms with Gasteiger partial charge in [0.1, 0.15) is 5.56 Å². The number of fused-ring (bicyclic) bond motifs is 1. The van der Waals surface area contributed by atoms with E-state index in [-0.39, 0.29) is 17.7 Å². The van der Waals surface area contributed by atoms with Crippen LogP contribution in [0.3, 0.4) is 0 Å². The molecular formula is C16H17BrN2O3. The van der Waals surface area contributed by atoms with E-state index >= 15 is 0 Å². The monoisotopic (exact) mass is 364 g/mol. The van der Waals surface area contributed by atoms with E-state index in [9.17, 15) is 15.0 Å². The molecule has 2 atom stereocenters. The number of aliphatic hydroxyl groups excluding tert-OH is 1. The normalized spacial score (nSPS) is 21.7. The maximum atomic E-state index is 11.5. The number of carboxylic acid groups (broad SMARTS) is 1. The van der Waals surface area contributed by atoms with Gasteiger partial charge in [0.25, 0.3) is 0 Å². The summed E-state index contributed by atoms with van der Waals surface area (Å²) in [7, 11) is 0. The molecule has 0 radical (unpaired) electrons. The molecule has 1 aliphatic carbocycles. The van der Waals surface area contributed by atoms with E-state index in [1.54, 1.807) is 0 Å². The number of pyridine rings is 1. The lowest BCUT2D eigenvalue weighted by atomic mass is 9.92. The summed E-state index contributed by atoms with van der Waals surface area (Å²) in [6.07, 6.45) is 4.38. The standard InChI is InChI=1S/C16H17BrN2O3/c17-9-4-5-14-12(6-9)15(13(8-18-14)16(21)22)19-10-2-1-3-11(20)7-10/h4-6,8,10-11,20H,1-3,7H2,(H,18,19)(H,21,22). The van der Waals surface area contributed by atoms with E-state index in [1.165, 1.54) is 6.20 Å². The molecule has 22 heavy (non-hydrogen) atoms. The van der Waals surface area contributed by atoms with Crippen molar-refractivity contribution in [1.82, 2.24) is 4.98 Å². The molecule has 2 aromatic rings. The van der Waals surface area contributed by atoms with Gasteiger partial charge in [-0.05, 0) is 43.9 Å². The second kappa shape index (κ2) is 6.22. The number of aromatic carboxylic acids is 1. The highest BCUT2D eigenvalue weighted by molar-refractivity contribution is 9.10. The van der Waals surface area contributed by atoms with Crippen LogP contribution in [-0.2, 0) is 0 Å². The molecule has 0 bridgehead atoms. The zero-order valence-corrected chi connectivity index (χ0v) is 13.5. The fourth-order valence-corrected chi connectivity index (χ4v) is 3.34. The molecule has 116 valence electrons. The van der Waals surface area contributed by atoms with Crippen LogP contribution >= 0.6 is 15.9 Å². The Morgan fingerprint density at radius 3 is 2.91 bits per heavy atom. The SMILES string of the molecule is O=C(O)c1cnc2ccc(Br)cc2c1NC1CCCC(O)C1. The molecule has 3 N–H and O–H groups in total. The molecule has 2 unspecified atom stereocenters. The second-order valence-corrected chi connectivity index (χ2v) is 6.59. The smallest absolute Gasteiger partial charge is 0.339 e. The first-order valence-electron chi connectivity index (χ1n) is 7.31. The predicted molar refractivity (Wildman–Crippen MR) is 88.3 cm³/mol.